The van der Waals surface area contributed by atoms with Crippen LogP contribution in [0.1, 0.15) is 25.3 Å². The molecular weight excluding hydrogens is 276 g/mol. The summed E-state index contributed by atoms with van der Waals surface area (Å²) in [6, 6.07) is 11.0. The first kappa shape index (κ1) is 11.9. The molecule has 0 N–H and O–H groups in total. The monoisotopic (exact) mass is 292 g/mol. The highest BCUT2D eigenvalue weighted by molar-refractivity contribution is 9.10. The minimum absolute atomic E-state index is 1.12. The topological polar surface area (TPSA) is 0 Å². The van der Waals surface area contributed by atoms with Crippen molar-refractivity contribution >= 4 is 42.1 Å². The van der Waals surface area contributed by atoms with Crippen LogP contribution in [0.25, 0.3) is 10.8 Å². The first-order valence-electron chi connectivity index (χ1n) is 5.90. The zero-order valence-electron chi connectivity index (χ0n) is 9.89. The van der Waals surface area contributed by atoms with E-state index in [2.05, 4.69) is 53.2 Å². The van der Waals surface area contributed by atoms with E-state index in [1.54, 1.807) is 5.19 Å². The summed E-state index contributed by atoms with van der Waals surface area (Å²) in [4.78, 5) is 0. The molecule has 0 aromatic heterocycles. The fraction of sp³-hybridized carbons (Fsp3) is 0.286. The number of halogens is 1. The highest BCUT2D eigenvalue weighted by Gasteiger charge is 2.07. The lowest BCUT2D eigenvalue weighted by molar-refractivity contribution is 0.796. The molecule has 2 rings (SSSR count). The molecule has 16 heavy (non-hydrogen) atoms. The number of unbranched alkanes of at least 4 members (excludes halogenated alkanes) is 1. The Morgan fingerprint density at radius 2 is 2.00 bits per heavy atom. The van der Waals surface area contributed by atoms with Gasteiger partial charge in [-0.15, -0.1) is 0 Å². The quantitative estimate of drug-likeness (QED) is 0.763. The van der Waals surface area contributed by atoms with Gasteiger partial charge in [-0.1, -0.05) is 58.7 Å². The van der Waals surface area contributed by atoms with E-state index in [0.717, 1.165) is 10.2 Å². The van der Waals surface area contributed by atoms with Crippen molar-refractivity contribution in [2.24, 2.45) is 0 Å². The van der Waals surface area contributed by atoms with Crippen LogP contribution in [0.5, 0.6) is 0 Å². The molecule has 0 spiro atoms. The Morgan fingerprint density at radius 1 is 1.25 bits per heavy atom. The second-order valence-electron chi connectivity index (χ2n) is 4.29. The first-order chi connectivity index (χ1) is 7.74. The van der Waals surface area contributed by atoms with E-state index in [-0.39, 0.29) is 0 Å². The van der Waals surface area contributed by atoms with E-state index in [0.29, 0.717) is 0 Å². The summed E-state index contributed by atoms with van der Waals surface area (Å²) in [7, 11) is 1.12. The summed E-state index contributed by atoms with van der Waals surface area (Å²) in [6.07, 6.45) is 3.76. The third-order valence-electron chi connectivity index (χ3n) is 3.17. The summed E-state index contributed by atoms with van der Waals surface area (Å²) in [5.74, 6) is 0. The van der Waals surface area contributed by atoms with Crippen molar-refractivity contribution in [2.45, 2.75) is 26.2 Å². The maximum absolute atomic E-state index is 3.72. The zero-order valence-corrected chi connectivity index (χ0v) is 13.5. The van der Waals surface area contributed by atoms with Gasteiger partial charge in [0.15, 0.2) is 0 Å². The number of hydrogen-bond acceptors (Lipinski definition) is 0. The maximum Gasteiger partial charge on any atom is 0.0397 e. The molecule has 0 aliphatic rings. The van der Waals surface area contributed by atoms with Gasteiger partial charge in [0.2, 0.25) is 0 Å². The molecule has 0 atom stereocenters. The molecule has 0 heterocycles. The minimum atomic E-state index is 1.12. The second-order valence-corrected chi connectivity index (χ2v) is 6.14. The van der Waals surface area contributed by atoms with Crippen LogP contribution in [0.2, 0.25) is 0 Å². The smallest absolute Gasteiger partial charge is 0.0397 e. The Balaban J connectivity index is 2.56. The first-order valence-corrected chi connectivity index (χ1v) is 7.70. The van der Waals surface area contributed by atoms with E-state index >= 15 is 0 Å². The summed E-state index contributed by atoms with van der Waals surface area (Å²) in [5.41, 5.74) is 1.53. The fourth-order valence-electron chi connectivity index (χ4n) is 2.19. The van der Waals surface area contributed by atoms with Gasteiger partial charge in [-0.3, -0.25) is 0 Å². The molecule has 0 saturated heterocycles. The highest BCUT2D eigenvalue weighted by atomic mass is 79.9. The molecule has 0 amide bonds. The van der Waals surface area contributed by atoms with Crippen molar-refractivity contribution in [3.8, 4) is 0 Å². The Bertz CT molecular complexity index is 505. The van der Waals surface area contributed by atoms with Crippen LogP contribution >= 0.6 is 15.9 Å². The van der Waals surface area contributed by atoms with Gasteiger partial charge >= 0.3 is 0 Å². The van der Waals surface area contributed by atoms with Crippen molar-refractivity contribution in [1.29, 1.82) is 0 Å². The molecule has 0 aliphatic carbocycles. The lowest BCUT2D eigenvalue weighted by Crippen LogP contribution is -2.12. The van der Waals surface area contributed by atoms with Crippen molar-refractivity contribution in [3.05, 3.63) is 40.4 Å². The van der Waals surface area contributed by atoms with Crippen LogP contribution < -0.4 is 5.19 Å². The fourth-order valence-corrected chi connectivity index (χ4v) is 4.27. The third kappa shape index (κ3) is 2.23. The van der Waals surface area contributed by atoms with Gasteiger partial charge in [0.1, 0.15) is 0 Å². The van der Waals surface area contributed by atoms with Crippen molar-refractivity contribution in [3.63, 3.8) is 0 Å². The maximum atomic E-state index is 3.72. The van der Waals surface area contributed by atoms with Crippen LogP contribution in [-0.2, 0) is 6.42 Å². The average Bonchev–Trinajstić information content (AvgIpc) is 2.29. The van der Waals surface area contributed by atoms with Gasteiger partial charge in [0, 0.05) is 14.7 Å². The Labute approximate surface area is 109 Å². The molecule has 2 aromatic rings. The molecule has 0 fully saturated rings. The third-order valence-corrected chi connectivity index (χ3v) is 5.02. The summed E-state index contributed by atoms with van der Waals surface area (Å²) < 4.78 is 1.30. The second kappa shape index (κ2) is 5.15. The van der Waals surface area contributed by atoms with Crippen LogP contribution in [0.4, 0.5) is 0 Å². The lowest BCUT2D eigenvalue weighted by atomic mass is 10.0. The minimum Gasteiger partial charge on any atom is -0.0654 e. The van der Waals surface area contributed by atoms with Crippen LogP contribution in [-0.4, -0.2) is 10.2 Å². The molecule has 84 valence electrons. The summed E-state index contributed by atoms with van der Waals surface area (Å²) in [6.45, 7) is 2.25. The predicted octanol–water partition coefficient (Wildman–Crippen LogP) is 2.94. The summed E-state index contributed by atoms with van der Waals surface area (Å²) in [5, 5.41) is 4.38. The number of benzene rings is 2. The largest absolute Gasteiger partial charge is 0.0654 e. The Morgan fingerprint density at radius 3 is 2.75 bits per heavy atom. The van der Waals surface area contributed by atoms with Gasteiger partial charge in [-0.2, -0.15) is 0 Å². The van der Waals surface area contributed by atoms with Crippen molar-refractivity contribution < 1.29 is 0 Å². The van der Waals surface area contributed by atoms with Gasteiger partial charge in [-0.25, -0.2) is 0 Å². The molecule has 0 bridgehead atoms. The Hall–Kier alpha value is -0.603. The van der Waals surface area contributed by atoms with E-state index in [4.69, 9.17) is 0 Å². The number of rotatable bonds is 3. The summed E-state index contributed by atoms with van der Waals surface area (Å²) >= 11 is 3.72. The SMILES string of the molecule is CCCCc1c(Br)cc2ccccc2c1[SiH3]. The number of hydrogen-bond donors (Lipinski definition) is 0. The highest BCUT2D eigenvalue weighted by Crippen LogP contribution is 2.23. The van der Waals surface area contributed by atoms with Gasteiger partial charge in [0.05, 0.1) is 0 Å². The van der Waals surface area contributed by atoms with Crippen LogP contribution in [0, 0.1) is 0 Å². The van der Waals surface area contributed by atoms with Gasteiger partial charge < -0.3 is 0 Å². The van der Waals surface area contributed by atoms with Gasteiger partial charge in [0.25, 0.3) is 0 Å². The Kier molecular flexibility index (Phi) is 3.82. The van der Waals surface area contributed by atoms with Crippen molar-refractivity contribution in [1.82, 2.24) is 0 Å². The van der Waals surface area contributed by atoms with E-state index in [9.17, 15) is 0 Å². The predicted molar refractivity (Wildman–Crippen MR) is 79.8 cm³/mol. The average molecular weight is 293 g/mol. The van der Waals surface area contributed by atoms with Crippen LogP contribution in [0.3, 0.4) is 0 Å². The van der Waals surface area contributed by atoms with Gasteiger partial charge in [-0.05, 0) is 35.2 Å². The van der Waals surface area contributed by atoms with E-state index in [1.807, 2.05) is 0 Å². The molecule has 2 aromatic carbocycles. The molecule has 0 nitrogen and oxygen atoms in total. The van der Waals surface area contributed by atoms with Crippen molar-refractivity contribution in [2.75, 3.05) is 0 Å². The molecule has 0 radical (unpaired) electrons. The van der Waals surface area contributed by atoms with E-state index in [1.165, 1.54) is 40.1 Å². The molecule has 0 aliphatic heterocycles. The lowest BCUT2D eigenvalue weighted by Gasteiger charge is -2.12. The van der Waals surface area contributed by atoms with E-state index < -0.39 is 0 Å². The molecule has 0 saturated carbocycles. The molecule has 0 unspecified atom stereocenters. The van der Waals surface area contributed by atoms with Crippen LogP contribution in [0.15, 0.2) is 34.8 Å². The molecule has 2 heteroatoms. The zero-order chi connectivity index (χ0) is 11.5. The molecular formula is C14H17BrSi. The standard InChI is InChI=1S/C14H17BrSi/c1-2-3-7-12-13(15)9-10-6-4-5-8-11(10)14(12)16/h4-6,8-9H,2-3,7H2,1,16H3. The number of fused-ring (bicyclic) bond motifs is 1. The normalized spacial score (nSPS) is 11.1.